The van der Waals surface area contributed by atoms with Crippen molar-refractivity contribution in [1.29, 1.82) is 0 Å². The molecule has 0 bridgehead atoms. The Balaban J connectivity index is 1.75. The minimum Gasteiger partial charge on any atom is -0.467 e. The summed E-state index contributed by atoms with van der Waals surface area (Å²) < 4.78 is 7.41. The first-order valence-corrected chi connectivity index (χ1v) is 6.69. The lowest BCUT2D eigenvalue weighted by Gasteiger charge is -2.16. The molecule has 3 aromatic heterocycles. The predicted molar refractivity (Wildman–Crippen MR) is 78.8 cm³/mol. The van der Waals surface area contributed by atoms with Crippen molar-refractivity contribution >= 4 is 11.7 Å². The Kier molecular flexibility index (Phi) is 3.82. The summed E-state index contributed by atoms with van der Waals surface area (Å²) >= 11 is 0. The molecule has 1 N–H and O–H groups in total. The van der Waals surface area contributed by atoms with Crippen LogP contribution in [0.5, 0.6) is 0 Å². The number of amides is 1. The maximum Gasteiger partial charge on any atom is 0.228 e. The molecule has 21 heavy (non-hydrogen) atoms. The number of carbonyl (C=O) groups is 1. The number of hydrogen-bond donors (Lipinski definition) is 1. The highest BCUT2D eigenvalue weighted by Crippen LogP contribution is 2.23. The van der Waals surface area contributed by atoms with E-state index in [0.29, 0.717) is 5.82 Å². The van der Waals surface area contributed by atoms with E-state index in [1.54, 1.807) is 24.6 Å². The average Bonchev–Trinajstić information content (AvgIpc) is 3.19. The zero-order chi connectivity index (χ0) is 14.5. The number of rotatable bonds is 5. The van der Waals surface area contributed by atoms with Gasteiger partial charge in [0.15, 0.2) is 0 Å². The van der Waals surface area contributed by atoms with Crippen LogP contribution in [0.1, 0.15) is 18.2 Å². The normalized spacial score (nSPS) is 12.0. The monoisotopic (exact) mass is 281 g/mol. The Morgan fingerprint density at radius 1 is 1.19 bits per heavy atom. The summed E-state index contributed by atoms with van der Waals surface area (Å²) in [6, 6.07) is 12.8. The van der Waals surface area contributed by atoms with E-state index < -0.39 is 0 Å². The highest BCUT2D eigenvalue weighted by molar-refractivity contribution is 5.90. The first-order chi connectivity index (χ1) is 10.3. The van der Waals surface area contributed by atoms with Gasteiger partial charge in [0.05, 0.1) is 18.7 Å². The molecule has 3 rings (SSSR count). The van der Waals surface area contributed by atoms with Crippen molar-refractivity contribution in [3.05, 3.63) is 73.1 Å². The zero-order valence-corrected chi connectivity index (χ0v) is 11.3. The fourth-order valence-electron chi connectivity index (χ4n) is 2.20. The molecular formula is C16H15N3O2. The molecule has 0 aliphatic heterocycles. The largest absolute Gasteiger partial charge is 0.467 e. The Morgan fingerprint density at radius 3 is 2.71 bits per heavy atom. The van der Waals surface area contributed by atoms with Crippen LogP contribution in [0.3, 0.4) is 0 Å². The second kappa shape index (κ2) is 6.09. The number of aromatic nitrogens is 2. The molecule has 0 saturated heterocycles. The summed E-state index contributed by atoms with van der Waals surface area (Å²) in [6.45, 7) is 0. The van der Waals surface area contributed by atoms with E-state index in [9.17, 15) is 4.79 Å². The van der Waals surface area contributed by atoms with Gasteiger partial charge in [-0.05, 0) is 36.4 Å². The lowest BCUT2D eigenvalue weighted by Crippen LogP contribution is -2.19. The standard InChI is InChI=1S/C16H15N3O2/c20-16(18-15-7-1-2-8-17-15)12-13(14-6-5-11-21-14)19-9-3-4-10-19/h1-11,13H,12H2,(H,17,18,20)/t13-/m0/s1. The highest BCUT2D eigenvalue weighted by Gasteiger charge is 2.19. The predicted octanol–water partition coefficient (Wildman–Crippen LogP) is 3.09. The van der Waals surface area contributed by atoms with Crippen molar-refractivity contribution in [1.82, 2.24) is 9.55 Å². The molecule has 0 radical (unpaired) electrons. The second-order valence-corrected chi connectivity index (χ2v) is 4.63. The topological polar surface area (TPSA) is 60.1 Å². The molecule has 5 nitrogen and oxygen atoms in total. The van der Waals surface area contributed by atoms with Crippen molar-refractivity contribution in [2.75, 3.05) is 5.32 Å². The molecule has 0 aromatic carbocycles. The van der Waals surface area contributed by atoms with Crippen LogP contribution in [0, 0.1) is 0 Å². The van der Waals surface area contributed by atoms with Crippen LogP contribution in [-0.4, -0.2) is 15.5 Å². The number of nitrogens with one attached hydrogen (secondary N) is 1. The summed E-state index contributed by atoms with van der Waals surface area (Å²) in [6.07, 6.45) is 7.37. The molecule has 5 heteroatoms. The average molecular weight is 281 g/mol. The van der Waals surface area contributed by atoms with Crippen LogP contribution in [0.2, 0.25) is 0 Å². The third kappa shape index (κ3) is 3.20. The van der Waals surface area contributed by atoms with E-state index in [2.05, 4.69) is 10.3 Å². The number of hydrogen-bond acceptors (Lipinski definition) is 3. The first kappa shape index (κ1) is 13.2. The van der Waals surface area contributed by atoms with Crippen LogP contribution >= 0.6 is 0 Å². The molecule has 0 unspecified atom stereocenters. The van der Waals surface area contributed by atoms with E-state index in [0.717, 1.165) is 5.76 Å². The van der Waals surface area contributed by atoms with Crippen molar-refractivity contribution in [3.63, 3.8) is 0 Å². The van der Waals surface area contributed by atoms with E-state index in [1.165, 1.54) is 0 Å². The lowest BCUT2D eigenvalue weighted by atomic mass is 10.1. The molecule has 0 fully saturated rings. The Labute approximate surface area is 122 Å². The fourth-order valence-corrected chi connectivity index (χ4v) is 2.20. The minimum atomic E-state index is -0.168. The van der Waals surface area contributed by atoms with Gasteiger partial charge in [0.1, 0.15) is 11.6 Å². The number of pyridine rings is 1. The molecule has 0 aliphatic carbocycles. The molecule has 1 atom stereocenters. The van der Waals surface area contributed by atoms with Crippen molar-refractivity contribution in [3.8, 4) is 0 Å². The SMILES string of the molecule is O=C(C[C@@H](c1ccco1)n1cccc1)Nc1ccccn1. The number of nitrogens with zero attached hydrogens (tertiary/aromatic N) is 2. The number of carbonyl (C=O) groups excluding carboxylic acids is 1. The van der Waals surface area contributed by atoms with Crippen molar-refractivity contribution in [2.24, 2.45) is 0 Å². The molecule has 1 amide bonds. The summed E-state index contributed by atoms with van der Waals surface area (Å²) in [5.41, 5.74) is 0. The van der Waals surface area contributed by atoms with Gasteiger partial charge in [-0.15, -0.1) is 0 Å². The van der Waals surface area contributed by atoms with Crippen LogP contribution in [-0.2, 0) is 4.79 Å². The highest BCUT2D eigenvalue weighted by atomic mass is 16.3. The zero-order valence-electron chi connectivity index (χ0n) is 11.3. The van der Waals surface area contributed by atoms with E-state index in [1.807, 2.05) is 47.3 Å². The van der Waals surface area contributed by atoms with Gasteiger partial charge in [0.2, 0.25) is 5.91 Å². The summed E-state index contributed by atoms with van der Waals surface area (Å²) in [4.78, 5) is 16.3. The maximum absolute atomic E-state index is 12.2. The number of furan rings is 1. The van der Waals surface area contributed by atoms with Gasteiger partial charge in [0, 0.05) is 18.6 Å². The molecule has 0 aliphatic rings. The van der Waals surface area contributed by atoms with Gasteiger partial charge in [-0.1, -0.05) is 6.07 Å². The van der Waals surface area contributed by atoms with Gasteiger partial charge < -0.3 is 14.3 Å². The van der Waals surface area contributed by atoms with Gasteiger partial charge in [0.25, 0.3) is 0 Å². The summed E-state index contributed by atoms with van der Waals surface area (Å²) in [5, 5.41) is 2.79. The fraction of sp³-hybridized carbons (Fsp3) is 0.125. The maximum atomic E-state index is 12.2. The minimum absolute atomic E-state index is 0.108. The van der Waals surface area contributed by atoms with E-state index in [-0.39, 0.29) is 18.4 Å². The molecule has 0 saturated carbocycles. The molecular weight excluding hydrogens is 266 g/mol. The lowest BCUT2D eigenvalue weighted by molar-refractivity contribution is -0.116. The van der Waals surface area contributed by atoms with Gasteiger partial charge in [-0.3, -0.25) is 4.79 Å². The smallest absolute Gasteiger partial charge is 0.228 e. The van der Waals surface area contributed by atoms with Crippen LogP contribution < -0.4 is 5.32 Å². The third-order valence-electron chi connectivity index (χ3n) is 3.17. The van der Waals surface area contributed by atoms with E-state index in [4.69, 9.17) is 4.42 Å². The molecule has 3 heterocycles. The van der Waals surface area contributed by atoms with Gasteiger partial charge in [-0.2, -0.15) is 0 Å². The first-order valence-electron chi connectivity index (χ1n) is 6.69. The molecule has 0 spiro atoms. The molecule has 3 aromatic rings. The van der Waals surface area contributed by atoms with Crippen LogP contribution in [0.25, 0.3) is 0 Å². The van der Waals surface area contributed by atoms with Crippen LogP contribution in [0.15, 0.2) is 71.7 Å². The van der Waals surface area contributed by atoms with Crippen molar-refractivity contribution in [2.45, 2.75) is 12.5 Å². The van der Waals surface area contributed by atoms with E-state index >= 15 is 0 Å². The van der Waals surface area contributed by atoms with Crippen LogP contribution in [0.4, 0.5) is 5.82 Å². The Hall–Kier alpha value is -2.82. The summed E-state index contributed by atoms with van der Waals surface area (Å²) in [5.74, 6) is 1.19. The quantitative estimate of drug-likeness (QED) is 0.781. The number of anilines is 1. The third-order valence-corrected chi connectivity index (χ3v) is 3.17. The molecule has 106 valence electrons. The second-order valence-electron chi connectivity index (χ2n) is 4.63. The van der Waals surface area contributed by atoms with Gasteiger partial charge >= 0.3 is 0 Å². The summed E-state index contributed by atoms with van der Waals surface area (Å²) in [7, 11) is 0. The Morgan fingerprint density at radius 2 is 2.05 bits per heavy atom. The van der Waals surface area contributed by atoms with Crippen molar-refractivity contribution < 1.29 is 9.21 Å². The Bertz CT molecular complexity index is 641. The van der Waals surface area contributed by atoms with Gasteiger partial charge in [-0.25, -0.2) is 4.98 Å².